The fraction of sp³-hybridized carbons (Fsp3) is 1.00. The van der Waals surface area contributed by atoms with E-state index >= 15 is 0 Å². The number of rotatable bonds is 6. The van der Waals surface area contributed by atoms with Crippen molar-refractivity contribution in [2.45, 2.75) is 64.3 Å². The molecule has 0 aromatic carbocycles. The number of hydrogen-bond acceptors (Lipinski definition) is 2. The molecule has 16 heavy (non-hydrogen) atoms. The predicted molar refractivity (Wildman–Crippen MR) is 69.4 cm³/mol. The summed E-state index contributed by atoms with van der Waals surface area (Å²) in [5.41, 5.74) is 6.73. The Morgan fingerprint density at radius 2 is 2.00 bits per heavy atom. The first-order valence-corrected chi connectivity index (χ1v) is 7.00. The highest BCUT2D eigenvalue weighted by Gasteiger charge is 2.41. The van der Waals surface area contributed by atoms with Gasteiger partial charge in [-0.2, -0.15) is 0 Å². The minimum absolute atomic E-state index is 0.257. The molecule has 2 aliphatic carbocycles. The largest absolute Gasteiger partial charge is 0.329 e. The van der Waals surface area contributed by atoms with Gasteiger partial charge in [0.25, 0.3) is 0 Å². The minimum Gasteiger partial charge on any atom is -0.329 e. The van der Waals surface area contributed by atoms with E-state index in [2.05, 4.69) is 19.2 Å². The summed E-state index contributed by atoms with van der Waals surface area (Å²) in [6.07, 6.45) is 9.56. The van der Waals surface area contributed by atoms with Gasteiger partial charge in [0.05, 0.1) is 0 Å². The van der Waals surface area contributed by atoms with Gasteiger partial charge in [-0.05, 0) is 50.0 Å². The van der Waals surface area contributed by atoms with Crippen LogP contribution in [0.5, 0.6) is 0 Å². The lowest BCUT2D eigenvalue weighted by atomic mass is 9.87. The molecule has 0 amide bonds. The molecule has 0 bridgehead atoms. The molecule has 0 spiro atoms. The summed E-state index contributed by atoms with van der Waals surface area (Å²) in [6, 6.07) is 0. The molecule has 3 N–H and O–H groups in total. The molecule has 2 rings (SSSR count). The molecule has 0 aromatic heterocycles. The second-order valence-corrected chi connectivity index (χ2v) is 6.84. The summed E-state index contributed by atoms with van der Waals surface area (Å²) in [4.78, 5) is 0. The van der Waals surface area contributed by atoms with Crippen molar-refractivity contribution >= 4 is 0 Å². The van der Waals surface area contributed by atoms with Gasteiger partial charge in [-0.3, -0.25) is 0 Å². The van der Waals surface area contributed by atoms with Crippen LogP contribution >= 0.6 is 0 Å². The molecule has 2 fully saturated rings. The summed E-state index contributed by atoms with van der Waals surface area (Å²) in [6.45, 7) is 6.72. The lowest BCUT2D eigenvalue weighted by Crippen LogP contribution is -2.50. The van der Waals surface area contributed by atoms with Crippen LogP contribution in [-0.4, -0.2) is 18.6 Å². The Kier molecular flexibility index (Phi) is 3.60. The molecule has 0 saturated heterocycles. The van der Waals surface area contributed by atoms with Gasteiger partial charge in [0.1, 0.15) is 0 Å². The van der Waals surface area contributed by atoms with Crippen molar-refractivity contribution in [2.24, 2.45) is 17.1 Å². The van der Waals surface area contributed by atoms with Crippen LogP contribution in [0, 0.1) is 11.3 Å². The van der Waals surface area contributed by atoms with Gasteiger partial charge in [-0.15, -0.1) is 0 Å². The highest BCUT2D eigenvalue weighted by molar-refractivity contribution is 5.00. The maximum absolute atomic E-state index is 5.98. The Labute approximate surface area is 100 Å². The maximum atomic E-state index is 5.98. The Balaban J connectivity index is 1.71. The molecule has 1 atom stereocenters. The van der Waals surface area contributed by atoms with Crippen molar-refractivity contribution in [3.63, 3.8) is 0 Å². The molecule has 2 heteroatoms. The Bertz CT molecular complexity index is 233. The molecule has 1 unspecified atom stereocenters. The van der Waals surface area contributed by atoms with Crippen molar-refractivity contribution in [1.29, 1.82) is 0 Å². The lowest BCUT2D eigenvalue weighted by Gasteiger charge is -2.31. The van der Waals surface area contributed by atoms with Gasteiger partial charge in [0.15, 0.2) is 0 Å². The van der Waals surface area contributed by atoms with E-state index in [-0.39, 0.29) is 5.54 Å². The molecule has 0 heterocycles. The molecule has 94 valence electrons. The first-order valence-electron chi connectivity index (χ1n) is 7.00. The average molecular weight is 224 g/mol. The van der Waals surface area contributed by atoms with Crippen molar-refractivity contribution < 1.29 is 0 Å². The Morgan fingerprint density at radius 3 is 2.50 bits per heavy atom. The molecular formula is C14H28N2. The Morgan fingerprint density at radius 1 is 1.25 bits per heavy atom. The highest BCUT2D eigenvalue weighted by atomic mass is 15.0. The molecule has 2 aliphatic rings. The number of nitrogens with one attached hydrogen (secondary N) is 1. The zero-order valence-electron chi connectivity index (χ0n) is 11.0. The van der Waals surface area contributed by atoms with Crippen LogP contribution in [0.25, 0.3) is 0 Å². The minimum atomic E-state index is 0.257. The van der Waals surface area contributed by atoms with E-state index in [4.69, 9.17) is 5.73 Å². The summed E-state index contributed by atoms with van der Waals surface area (Å²) in [5.74, 6) is 1.07. The van der Waals surface area contributed by atoms with Gasteiger partial charge in [-0.25, -0.2) is 0 Å². The third-order valence-corrected chi connectivity index (χ3v) is 4.47. The van der Waals surface area contributed by atoms with Crippen LogP contribution < -0.4 is 11.1 Å². The summed E-state index contributed by atoms with van der Waals surface area (Å²) >= 11 is 0. The third-order valence-electron chi connectivity index (χ3n) is 4.47. The van der Waals surface area contributed by atoms with E-state index in [1.165, 1.54) is 51.5 Å². The average Bonchev–Trinajstić information content (AvgIpc) is 3.00. The van der Waals surface area contributed by atoms with Gasteiger partial charge >= 0.3 is 0 Å². The molecule has 0 radical (unpaired) electrons. The van der Waals surface area contributed by atoms with Crippen molar-refractivity contribution in [2.75, 3.05) is 13.1 Å². The predicted octanol–water partition coefficient (Wildman–Crippen LogP) is 2.67. The second-order valence-electron chi connectivity index (χ2n) is 6.84. The SMILES string of the molecule is CC1(C)CCC(CN)(NCCCC2CC2)C1. The zero-order valence-corrected chi connectivity index (χ0v) is 11.0. The topological polar surface area (TPSA) is 38.0 Å². The summed E-state index contributed by atoms with van der Waals surface area (Å²) in [5, 5.41) is 3.76. The summed E-state index contributed by atoms with van der Waals surface area (Å²) in [7, 11) is 0. The van der Waals surface area contributed by atoms with E-state index in [1.807, 2.05) is 0 Å². The number of hydrogen-bond donors (Lipinski definition) is 2. The van der Waals surface area contributed by atoms with Crippen LogP contribution in [0.1, 0.15) is 58.8 Å². The fourth-order valence-electron chi connectivity index (χ4n) is 3.22. The highest BCUT2D eigenvalue weighted by Crippen LogP contribution is 2.43. The van der Waals surface area contributed by atoms with Crippen molar-refractivity contribution in [3.05, 3.63) is 0 Å². The maximum Gasteiger partial charge on any atom is 0.0309 e. The molecule has 2 nitrogen and oxygen atoms in total. The van der Waals surface area contributed by atoms with Gasteiger partial charge in [-0.1, -0.05) is 26.7 Å². The van der Waals surface area contributed by atoms with E-state index < -0.39 is 0 Å². The first kappa shape index (κ1) is 12.4. The molecular weight excluding hydrogens is 196 g/mol. The summed E-state index contributed by atoms with van der Waals surface area (Å²) < 4.78 is 0. The van der Waals surface area contributed by atoms with Crippen molar-refractivity contribution in [1.82, 2.24) is 5.32 Å². The van der Waals surface area contributed by atoms with E-state index in [0.717, 1.165) is 12.5 Å². The fourth-order valence-corrected chi connectivity index (χ4v) is 3.22. The normalized spacial score (nSPS) is 33.2. The van der Waals surface area contributed by atoms with Crippen molar-refractivity contribution in [3.8, 4) is 0 Å². The monoisotopic (exact) mass is 224 g/mol. The zero-order chi connectivity index (χ0) is 11.6. The second kappa shape index (κ2) is 4.66. The van der Waals surface area contributed by atoms with E-state index in [0.29, 0.717) is 5.41 Å². The smallest absolute Gasteiger partial charge is 0.0309 e. The first-order chi connectivity index (χ1) is 7.55. The van der Waals surface area contributed by atoms with Crippen LogP contribution in [0.15, 0.2) is 0 Å². The van der Waals surface area contributed by atoms with Crippen LogP contribution in [-0.2, 0) is 0 Å². The lowest BCUT2D eigenvalue weighted by molar-refractivity contribution is 0.288. The standard InChI is InChI=1S/C14H28N2/c1-13(2)7-8-14(10-13,11-15)16-9-3-4-12-5-6-12/h12,16H,3-11,15H2,1-2H3. The van der Waals surface area contributed by atoms with E-state index in [9.17, 15) is 0 Å². The van der Waals surface area contributed by atoms with Crippen LogP contribution in [0.3, 0.4) is 0 Å². The van der Waals surface area contributed by atoms with Gasteiger partial charge in [0, 0.05) is 12.1 Å². The Hall–Kier alpha value is -0.0800. The van der Waals surface area contributed by atoms with Crippen LogP contribution in [0.2, 0.25) is 0 Å². The van der Waals surface area contributed by atoms with Gasteiger partial charge in [0.2, 0.25) is 0 Å². The van der Waals surface area contributed by atoms with Gasteiger partial charge < -0.3 is 11.1 Å². The van der Waals surface area contributed by atoms with E-state index in [1.54, 1.807) is 0 Å². The molecule has 2 saturated carbocycles. The molecule has 0 aromatic rings. The van der Waals surface area contributed by atoms with Crippen LogP contribution in [0.4, 0.5) is 0 Å². The molecule has 0 aliphatic heterocycles. The quantitative estimate of drug-likeness (QED) is 0.681. The number of nitrogens with two attached hydrogens (primary N) is 1. The third kappa shape index (κ3) is 3.21.